The van der Waals surface area contributed by atoms with Gasteiger partial charge in [-0.3, -0.25) is 0 Å². The normalized spacial score (nSPS) is 24.8. The molecule has 8 heteroatoms. The van der Waals surface area contributed by atoms with Crippen LogP contribution in [-0.2, 0) is 4.74 Å². The smallest absolute Gasteiger partial charge is 0.439 e. The molecule has 0 aromatic rings. The number of hydrogen-bond acceptors (Lipinski definition) is 4. The first kappa shape index (κ1) is 13.8. The molecule has 0 aliphatic carbocycles. The number of aliphatic hydroxyl groups is 1. The SMILES string of the molecule is CCOC(=O)N1N=C(CC)C[C@@]1(O)C(F)(F)F. The third-order valence-electron chi connectivity index (χ3n) is 2.35. The Hall–Kier alpha value is -1.31. The molecule has 1 N–H and O–H groups in total. The molecule has 0 saturated heterocycles. The number of ether oxygens (including phenoxy) is 1. The maximum atomic E-state index is 12.7. The summed E-state index contributed by atoms with van der Waals surface area (Å²) in [6.45, 7) is 2.94. The van der Waals surface area contributed by atoms with Crippen molar-refractivity contribution >= 4 is 11.8 Å². The van der Waals surface area contributed by atoms with Gasteiger partial charge in [0.15, 0.2) is 0 Å². The van der Waals surface area contributed by atoms with E-state index in [1.807, 2.05) is 0 Å². The lowest BCUT2D eigenvalue weighted by atomic mass is 10.1. The number of hydrogen-bond donors (Lipinski definition) is 1. The molecule has 1 rings (SSSR count). The average Bonchev–Trinajstić information content (AvgIpc) is 2.56. The number of amides is 1. The molecule has 0 aromatic heterocycles. The van der Waals surface area contributed by atoms with Crippen LogP contribution in [0.1, 0.15) is 26.7 Å². The largest absolute Gasteiger partial charge is 0.448 e. The molecule has 1 aliphatic heterocycles. The van der Waals surface area contributed by atoms with Gasteiger partial charge in [0.1, 0.15) is 0 Å². The van der Waals surface area contributed by atoms with Gasteiger partial charge in [0.05, 0.1) is 6.61 Å². The minimum atomic E-state index is -4.99. The molecule has 1 amide bonds. The Balaban J connectivity index is 3.03. The van der Waals surface area contributed by atoms with Crippen LogP contribution in [0, 0.1) is 0 Å². The highest BCUT2D eigenvalue weighted by atomic mass is 19.4. The minimum absolute atomic E-state index is 0.0324. The molecule has 5 nitrogen and oxygen atoms in total. The second kappa shape index (κ2) is 4.52. The first-order valence-electron chi connectivity index (χ1n) is 5.08. The second-order valence-electron chi connectivity index (χ2n) is 3.52. The van der Waals surface area contributed by atoms with E-state index >= 15 is 0 Å². The number of nitrogens with zero attached hydrogens (tertiary/aromatic N) is 2. The lowest BCUT2D eigenvalue weighted by Crippen LogP contribution is -2.56. The van der Waals surface area contributed by atoms with E-state index in [-0.39, 0.29) is 23.7 Å². The van der Waals surface area contributed by atoms with Crippen LogP contribution >= 0.6 is 0 Å². The second-order valence-corrected chi connectivity index (χ2v) is 3.52. The van der Waals surface area contributed by atoms with Crippen LogP contribution in [-0.4, -0.2) is 40.4 Å². The zero-order valence-electron chi connectivity index (χ0n) is 9.41. The van der Waals surface area contributed by atoms with Crippen molar-refractivity contribution in [3.05, 3.63) is 0 Å². The highest BCUT2D eigenvalue weighted by Crippen LogP contribution is 2.40. The average molecular weight is 254 g/mol. The predicted molar refractivity (Wildman–Crippen MR) is 52.2 cm³/mol. The Labute approximate surface area is 95.8 Å². The van der Waals surface area contributed by atoms with Crippen LogP contribution in [0.25, 0.3) is 0 Å². The molecule has 0 fully saturated rings. The van der Waals surface area contributed by atoms with Gasteiger partial charge in [-0.15, -0.1) is 0 Å². The highest BCUT2D eigenvalue weighted by molar-refractivity contribution is 5.89. The molecule has 0 saturated carbocycles. The molecular weight excluding hydrogens is 241 g/mol. The van der Waals surface area contributed by atoms with E-state index in [1.165, 1.54) is 6.92 Å². The van der Waals surface area contributed by atoms with Crippen molar-refractivity contribution in [3.8, 4) is 0 Å². The maximum Gasteiger partial charge on any atom is 0.439 e. The lowest BCUT2D eigenvalue weighted by Gasteiger charge is -2.31. The Morgan fingerprint density at radius 3 is 2.59 bits per heavy atom. The summed E-state index contributed by atoms with van der Waals surface area (Å²) >= 11 is 0. The van der Waals surface area contributed by atoms with E-state index in [4.69, 9.17) is 0 Å². The Bertz CT molecular complexity index is 343. The summed E-state index contributed by atoms with van der Waals surface area (Å²) < 4.78 is 42.6. The summed E-state index contributed by atoms with van der Waals surface area (Å²) in [4.78, 5) is 11.3. The Kier molecular flexibility index (Phi) is 3.65. The first-order chi connectivity index (χ1) is 7.76. The summed E-state index contributed by atoms with van der Waals surface area (Å²) in [5.74, 6) is 0. The van der Waals surface area contributed by atoms with Crippen LogP contribution in [0.5, 0.6) is 0 Å². The third kappa shape index (κ3) is 2.36. The number of rotatable bonds is 2. The van der Waals surface area contributed by atoms with Gasteiger partial charge in [0.25, 0.3) is 5.72 Å². The molecule has 1 aliphatic rings. The highest BCUT2D eigenvalue weighted by Gasteiger charge is 2.63. The quantitative estimate of drug-likeness (QED) is 0.818. The van der Waals surface area contributed by atoms with Crippen molar-refractivity contribution in [2.45, 2.75) is 38.6 Å². The summed E-state index contributed by atoms with van der Waals surface area (Å²) in [5.41, 5.74) is -3.21. The molecule has 1 heterocycles. The fourth-order valence-corrected chi connectivity index (χ4v) is 1.41. The summed E-state index contributed by atoms with van der Waals surface area (Å²) in [6, 6.07) is 0. The van der Waals surface area contributed by atoms with Gasteiger partial charge in [-0.1, -0.05) is 6.92 Å². The van der Waals surface area contributed by atoms with Gasteiger partial charge in [-0.25, -0.2) is 4.79 Å². The molecule has 1 atom stereocenters. The van der Waals surface area contributed by atoms with Gasteiger partial charge in [0.2, 0.25) is 0 Å². The minimum Gasteiger partial charge on any atom is -0.448 e. The molecule has 0 bridgehead atoms. The lowest BCUT2D eigenvalue weighted by molar-refractivity contribution is -0.299. The van der Waals surface area contributed by atoms with Crippen molar-refractivity contribution < 1.29 is 27.8 Å². The van der Waals surface area contributed by atoms with Gasteiger partial charge < -0.3 is 9.84 Å². The van der Waals surface area contributed by atoms with Crippen molar-refractivity contribution in [2.24, 2.45) is 5.10 Å². The van der Waals surface area contributed by atoms with Gasteiger partial charge >= 0.3 is 12.3 Å². The molecule has 0 spiro atoms. The van der Waals surface area contributed by atoms with E-state index in [0.717, 1.165) is 0 Å². The third-order valence-corrected chi connectivity index (χ3v) is 2.35. The van der Waals surface area contributed by atoms with E-state index in [9.17, 15) is 23.1 Å². The zero-order chi connectivity index (χ0) is 13.3. The maximum absolute atomic E-state index is 12.7. The van der Waals surface area contributed by atoms with Crippen LogP contribution in [0.15, 0.2) is 5.10 Å². The Morgan fingerprint density at radius 1 is 1.59 bits per heavy atom. The van der Waals surface area contributed by atoms with Crippen molar-refractivity contribution in [1.82, 2.24) is 5.01 Å². The van der Waals surface area contributed by atoms with Crippen LogP contribution in [0.4, 0.5) is 18.0 Å². The topological polar surface area (TPSA) is 62.1 Å². The summed E-state index contributed by atoms with van der Waals surface area (Å²) in [5, 5.41) is 13.0. The monoisotopic (exact) mass is 254 g/mol. The first-order valence-corrected chi connectivity index (χ1v) is 5.08. The molecule has 17 heavy (non-hydrogen) atoms. The number of hydrazone groups is 1. The number of carbonyl (C=O) groups is 1. The Morgan fingerprint density at radius 2 is 2.18 bits per heavy atom. The standard InChI is InChI=1S/C9H13F3N2O3/c1-3-6-5-8(16,9(10,11)12)14(13-6)7(15)17-4-2/h16H,3-5H2,1-2H3/t8-/m1/s1. The van der Waals surface area contributed by atoms with Gasteiger partial charge in [-0.05, 0) is 13.3 Å². The fraction of sp³-hybridized carbons (Fsp3) is 0.778. The van der Waals surface area contributed by atoms with Crippen molar-refractivity contribution in [3.63, 3.8) is 0 Å². The van der Waals surface area contributed by atoms with Crippen LogP contribution in [0.2, 0.25) is 0 Å². The molecule has 0 radical (unpaired) electrons. The van der Waals surface area contributed by atoms with Crippen LogP contribution in [0.3, 0.4) is 0 Å². The number of halogens is 3. The fourth-order valence-electron chi connectivity index (χ4n) is 1.41. The molecular formula is C9H13F3N2O3. The van der Waals surface area contributed by atoms with E-state index < -0.39 is 24.4 Å². The summed E-state index contributed by atoms with van der Waals surface area (Å²) in [7, 11) is 0. The zero-order valence-corrected chi connectivity index (χ0v) is 9.41. The number of carbonyl (C=O) groups excluding carboxylic acids is 1. The predicted octanol–water partition coefficient (Wildman–Crippen LogP) is 1.87. The molecule has 98 valence electrons. The van der Waals surface area contributed by atoms with E-state index in [1.54, 1.807) is 6.92 Å². The molecule has 0 aromatic carbocycles. The number of alkyl halides is 3. The summed E-state index contributed by atoms with van der Waals surface area (Å²) in [6.07, 6.45) is -6.82. The van der Waals surface area contributed by atoms with E-state index in [2.05, 4.69) is 9.84 Å². The van der Waals surface area contributed by atoms with Crippen molar-refractivity contribution in [2.75, 3.05) is 6.61 Å². The van der Waals surface area contributed by atoms with Gasteiger partial charge in [0, 0.05) is 12.1 Å². The van der Waals surface area contributed by atoms with Gasteiger partial charge in [-0.2, -0.15) is 23.3 Å². The van der Waals surface area contributed by atoms with E-state index in [0.29, 0.717) is 0 Å². The van der Waals surface area contributed by atoms with Crippen molar-refractivity contribution in [1.29, 1.82) is 0 Å². The van der Waals surface area contributed by atoms with Crippen LogP contribution < -0.4 is 0 Å². The molecule has 0 unspecified atom stereocenters.